The lowest BCUT2D eigenvalue weighted by atomic mass is 9.93. The predicted molar refractivity (Wildman–Crippen MR) is 74.0 cm³/mol. The fourth-order valence-electron chi connectivity index (χ4n) is 1.97. The van der Waals surface area contributed by atoms with E-state index >= 15 is 0 Å². The number of hydrogen-bond acceptors (Lipinski definition) is 1. The maximum Gasteiger partial charge on any atom is 0.137 e. The second-order valence-corrected chi connectivity index (χ2v) is 5.24. The Morgan fingerprint density at radius 3 is 2.32 bits per heavy atom. The first-order chi connectivity index (χ1) is 9.10. The van der Waals surface area contributed by atoms with E-state index in [9.17, 15) is 13.9 Å². The average Bonchev–Trinajstić information content (AvgIpc) is 2.41. The Labute approximate surface area is 119 Å². The third kappa shape index (κ3) is 3.61. The van der Waals surface area contributed by atoms with Crippen LogP contribution in [0.3, 0.4) is 0 Å². The number of benzene rings is 2. The second kappa shape index (κ2) is 6.26. The second-order valence-electron chi connectivity index (χ2n) is 4.38. The van der Waals surface area contributed by atoms with Gasteiger partial charge in [-0.1, -0.05) is 18.2 Å². The summed E-state index contributed by atoms with van der Waals surface area (Å²) >= 11 is 3.14. The van der Waals surface area contributed by atoms with E-state index in [-0.39, 0.29) is 24.2 Å². The maximum atomic E-state index is 13.1. The van der Waals surface area contributed by atoms with Crippen molar-refractivity contribution in [1.29, 1.82) is 0 Å². The van der Waals surface area contributed by atoms with Crippen LogP contribution >= 0.6 is 15.9 Å². The van der Waals surface area contributed by atoms with E-state index < -0.39 is 0 Å². The molecule has 19 heavy (non-hydrogen) atoms. The smallest absolute Gasteiger partial charge is 0.137 e. The molecular weight excluding hydrogens is 314 g/mol. The van der Waals surface area contributed by atoms with E-state index in [1.165, 1.54) is 18.2 Å². The van der Waals surface area contributed by atoms with Gasteiger partial charge in [-0.3, -0.25) is 0 Å². The fourth-order valence-corrected chi connectivity index (χ4v) is 2.40. The van der Waals surface area contributed by atoms with Gasteiger partial charge in [0.15, 0.2) is 0 Å². The van der Waals surface area contributed by atoms with Crippen LogP contribution < -0.4 is 0 Å². The van der Waals surface area contributed by atoms with E-state index in [2.05, 4.69) is 15.9 Å². The molecule has 0 radical (unpaired) electrons. The molecule has 0 heterocycles. The molecule has 0 aliphatic rings. The van der Waals surface area contributed by atoms with E-state index in [0.717, 1.165) is 11.1 Å². The van der Waals surface area contributed by atoms with Gasteiger partial charge in [0.05, 0.1) is 11.1 Å². The molecular formula is C15H13BrF2O. The van der Waals surface area contributed by atoms with Gasteiger partial charge < -0.3 is 5.11 Å². The highest BCUT2D eigenvalue weighted by Gasteiger charge is 2.12. The molecule has 0 bridgehead atoms. The zero-order valence-corrected chi connectivity index (χ0v) is 11.7. The minimum atomic E-state index is -0.314. The summed E-state index contributed by atoms with van der Waals surface area (Å²) in [4.78, 5) is 0. The van der Waals surface area contributed by atoms with Crippen molar-refractivity contribution >= 4 is 15.9 Å². The van der Waals surface area contributed by atoms with Crippen LogP contribution in [0.1, 0.15) is 17.0 Å². The van der Waals surface area contributed by atoms with Gasteiger partial charge in [0.1, 0.15) is 11.6 Å². The summed E-state index contributed by atoms with van der Waals surface area (Å²) in [6.07, 6.45) is 0.570. The molecule has 0 aromatic heterocycles. The Balaban J connectivity index is 2.18. The highest BCUT2D eigenvalue weighted by molar-refractivity contribution is 9.10. The van der Waals surface area contributed by atoms with Crippen molar-refractivity contribution < 1.29 is 13.9 Å². The summed E-state index contributed by atoms with van der Waals surface area (Å²) in [6, 6.07) is 10.8. The van der Waals surface area contributed by atoms with Crippen molar-refractivity contribution in [3.63, 3.8) is 0 Å². The molecule has 0 aliphatic heterocycles. The summed E-state index contributed by atoms with van der Waals surface area (Å²) in [6.45, 7) is -0.0410. The number of rotatable bonds is 4. The van der Waals surface area contributed by atoms with E-state index in [1.54, 1.807) is 24.3 Å². The van der Waals surface area contributed by atoms with Crippen molar-refractivity contribution in [2.75, 3.05) is 6.61 Å². The molecule has 0 spiro atoms. The summed E-state index contributed by atoms with van der Waals surface area (Å²) in [5.41, 5.74) is 1.78. The van der Waals surface area contributed by atoms with Crippen LogP contribution in [0.2, 0.25) is 0 Å². The summed E-state index contributed by atoms with van der Waals surface area (Å²) in [5, 5.41) is 9.45. The molecule has 1 N–H and O–H groups in total. The Kier molecular flexibility index (Phi) is 4.66. The molecule has 2 aromatic rings. The lowest BCUT2D eigenvalue weighted by Crippen LogP contribution is -2.08. The van der Waals surface area contributed by atoms with E-state index in [0.29, 0.717) is 10.9 Å². The number of aliphatic hydroxyl groups is 1. The molecule has 1 unspecified atom stereocenters. The van der Waals surface area contributed by atoms with Gasteiger partial charge in [-0.15, -0.1) is 0 Å². The average molecular weight is 327 g/mol. The summed E-state index contributed by atoms with van der Waals surface area (Å²) in [7, 11) is 0. The minimum absolute atomic E-state index is 0.0410. The maximum absolute atomic E-state index is 13.1. The van der Waals surface area contributed by atoms with Crippen LogP contribution in [-0.2, 0) is 6.42 Å². The van der Waals surface area contributed by atoms with Gasteiger partial charge >= 0.3 is 0 Å². The summed E-state index contributed by atoms with van der Waals surface area (Å²) in [5.74, 6) is -0.742. The molecule has 0 fully saturated rings. The Morgan fingerprint density at radius 1 is 1.05 bits per heavy atom. The van der Waals surface area contributed by atoms with Crippen molar-refractivity contribution in [3.05, 3.63) is 69.7 Å². The normalized spacial score (nSPS) is 12.4. The van der Waals surface area contributed by atoms with Crippen LogP contribution in [-0.4, -0.2) is 11.7 Å². The SMILES string of the molecule is OCC(Cc1ccc(F)c(Br)c1)c1ccc(F)cc1. The molecule has 1 atom stereocenters. The first-order valence-electron chi connectivity index (χ1n) is 5.90. The molecule has 0 saturated heterocycles. The van der Waals surface area contributed by atoms with E-state index in [4.69, 9.17) is 0 Å². The minimum Gasteiger partial charge on any atom is -0.396 e. The van der Waals surface area contributed by atoms with Gasteiger partial charge in [-0.25, -0.2) is 8.78 Å². The van der Waals surface area contributed by atoms with Crippen LogP contribution in [0.25, 0.3) is 0 Å². The highest BCUT2D eigenvalue weighted by atomic mass is 79.9. The first-order valence-corrected chi connectivity index (χ1v) is 6.69. The predicted octanol–water partition coefficient (Wildman–Crippen LogP) is 4.05. The van der Waals surface area contributed by atoms with Crippen LogP contribution in [0, 0.1) is 11.6 Å². The topological polar surface area (TPSA) is 20.2 Å². The van der Waals surface area contributed by atoms with Crippen LogP contribution in [0.4, 0.5) is 8.78 Å². The molecule has 100 valence electrons. The van der Waals surface area contributed by atoms with Crippen molar-refractivity contribution in [2.24, 2.45) is 0 Å². The summed E-state index contributed by atoms with van der Waals surface area (Å²) < 4.78 is 26.4. The molecule has 2 aromatic carbocycles. The number of hydrogen-bond donors (Lipinski definition) is 1. The third-order valence-electron chi connectivity index (χ3n) is 3.03. The number of aliphatic hydroxyl groups excluding tert-OH is 1. The zero-order chi connectivity index (χ0) is 13.8. The first kappa shape index (κ1) is 14.2. The molecule has 0 saturated carbocycles. The molecule has 1 nitrogen and oxygen atoms in total. The number of halogens is 3. The van der Waals surface area contributed by atoms with Gasteiger partial charge in [0, 0.05) is 5.92 Å². The molecule has 2 rings (SSSR count). The standard InChI is InChI=1S/C15H13BrF2O/c16-14-8-10(1-6-15(14)18)7-12(9-19)11-2-4-13(17)5-3-11/h1-6,8,12,19H,7,9H2. The van der Waals surface area contributed by atoms with Gasteiger partial charge in [-0.2, -0.15) is 0 Å². The molecule has 0 aliphatic carbocycles. The van der Waals surface area contributed by atoms with Gasteiger partial charge in [0.2, 0.25) is 0 Å². The molecule has 4 heteroatoms. The Hall–Kier alpha value is -1.26. The lowest BCUT2D eigenvalue weighted by molar-refractivity contribution is 0.264. The van der Waals surface area contributed by atoms with Crippen molar-refractivity contribution in [3.8, 4) is 0 Å². The zero-order valence-electron chi connectivity index (χ0n) is 10.1. The fraction of sp³-hybridized carbons (Fsp3) is 0.200. The van der Waals surface area contributed by atoms with Crippen LogP contribution in [0.5, 0.6) is 0 Å². The lowest BCUT2D eigenvalue weighted by Gasteiger charge is -2.15. The van der Waals surface area contributed by atoms with Gasteiger partial charge in [0.25, 0.3) is 0 Å². The third-order valence-corrected chi connectivity index (χ3v) is 3.64. The monoisotopic (exact) mass is 326 g/mol. The van der Waals surface area contributed by atoms with Crippen LogP contribution in [0.15, 0.2) is 46.9 Å². The highest BCUT2D eigenvalue weighted by Crippen LogP contribution is 2.24. The quantitative estimate of drug-likeness (QED) is 0.898. The van der Waals surface area contributed by atoms with Crippen molar-refractivity contribution in [1.82, 2.24) is 0 Å². The van der Waals surface area contributed by atoms with Gasteiger partial charge in [-0.05, 0) is 57.7 Å². The Bertz CT molecular complexity index is 555. The Morgan fingerprint density at radius 2 is 1.74 bits per heavy atom. The van der Waals surface area contributed by atoms with Crippen molar-refractivity contribution in [2.45, 2.75) is 12.3 Å². The molecule has 0 amide bonds. The largest absolute Gasteiger partial charge is 0.396 e. The van der Waals surface area contributed by atoms with E-state index in [1.807, 2.05) is 0 Å².